The van der Waals surface area contributed by atoms with Crippen LogP contribution in [0.3, 0.4) is 0 Å². The highest BCUT2D eigenvalue weighted by atomic mass is 35.5. The zero-order valence-electron chi connectivity index (χ0n) is 18.0. The van der Waals surface area contributed by atoms with Gasteiger partial charge in [-0.1, -0.05) is 59.6 Å². The molecule has 3 aromatic rings. The summed E-state index contributed by atoms with van der Waals surface area (Å²) in [7, 11) is 0. The quantitative estimate of drug-likeness (QED) is 0.353. The van der Waals surface area contributed by atoms with E-state index in [4.69, 9.17) is 21.1 Å². The fourth-order valence-electron chi connectivity index (χ4n) is 3.20. The van der Waals surface area contributed by atoms with Crippen LogP contribution in [0.25, 0.3) is 6.08 Å². The van der Waals surface area contributed by atoms with E-state index in [1.807, 2.05) is 79.7 Å². The van der Waals surface area contributed by atoms with Crippen molar-refractivity contribution in [1.82, 2.24) is 4.90 Å². The first kappa shape index (κ1) is 23.0. The predicted octanol–water partition coefficient (Wildman–Crippen LogP) is 6.34. The first-order valence-corrected chi connectivity index (χ1v) is 11.6. The number of benzene rings is 3. The van der Waals surface area contributed by atoms with E-state index in [2.05, 4.69) is 0 Å². The zero-order chi connectivity index (χ0) is 23.2. The average molecular weight is 480 g/mol. The molecular weight excluding hydrogens is 458 g/mol. The Labute approximate surface area is 202 Å². The van der Waals surface area contributed by atoms with Gasteiger partial charge in [0.25, 0.3) is 11.1 Å². The molecule has 0 aliphatic carbocycles. The van der Waals surface area contributed by atoms with E-state index in [0.717, 1.165) is 28.5 Å². The van der Waals surface area contributed by atoms with Gasteiger partial charge >= 0.3 is 0 Å². The van der Waals surface area contributed by atoms with Crippen molar-refractivity contribution in [2.45, 2.75) is 13.5 Å². The molecule has 1 heterocycles. The molecule has 3 aromatic carbocycles. The molecule has 1 aliphatic heterocycles. The van der Waals surface area contributed by atoms with Gasteiger partial charge in [0, 0.05) is 10.6 Å². The van der Waals surface area contributed by atoms with Crippen molar-refractivity contribution in [3.8, 4) is 11.5 Å². The summed E-state index contributed by atoms with van der Waals surface area (Å²) in [6.45, 7) is 2.76. The number of imide groups is 1. The van der Waals surface area contributed by atoms with E-state index in [9.17, 15) is 9.59 Å². The van der Waals surface area contributed by atoms with Crippen LogP contribution in [0.4, 0.5) is 4.79 Å². The van der Waals surface area contributed by atoms with Crippen molar-refractivity contribution in [2.24, 2.45) is 0 Å². The molecule has 0 radical (unpaired) electrons. The molecular formula is C26H22ClNO4S. The molecule has 5 nitrogen and oxygen atoms in total. The topological polar surface area (TPSA) is 55.8 Å². The first-order valence-electron chi connectivity index (χ1n) is 10.4. The summed E-state index contributed by atoms with van der Waals surface area (Å²) in [6, 6.07) is 22.5. The van der Waals surface area contributed by atoms with Crippen molar-refractivity contribution in [2.75, 3.05) is 13.2 Å². The lowest BCUT2D eigenvalue weighted by Gasteiger charge is -2.13. The Bertz CT molecular complexity index is 1190. The average Bonchev–Trinajstić information content (AvgIpc) is 3.07. The lowest BCUT2D eigenvalue weighted by molar-refractivity contribution is -0.123. The minimum Gasteiger partial charge on any atom is -0.492 e. The van der Waals surface area contributed by atoms with Crippen molar-refractivity contribution >= 4 is 40.6 Å². The number of ether oxygens (including phenoxy) is 2. The third kappa shape index (κ3) is 5.97. The summed E-state index contributed by atoms with van der Waals surface area (Å²) in [5.74, 6) is 1.03. The molecule has 0 atom stereocenters. The van der Waals surface area contributed by atoms with Gasteiger partial charge in [0.15, 0.2) is 0 Å². The van der Waals surface area contributed by atoms with Crippen LogP contribution in [0.15, 0.2) is 77.7 Å². The van der Waals surface area contributed by atoms with E-state index in [1.165, 1.54) is 4.90 Å². The third-order valence-corrected chi connectivity index (χ3v) is 6.26. The number of thioether (sulfide) groups is 1. The molecule has 4 rings (SSSR count). The largest absolute Gasteiger partial charge is 0.492 e. The monoisotopic (exact) mass is 479 g/mol. The highest BCUT2D eigenvalue weighted by molar-refractivity contribution is 8.18. The molecule has 1 aliphatic rings. The molecule has 0 unspecified atom stereocenters. The Morgan fingerprint density at radius 2 is 1.73 bits per heavy atom. The highest BCUT2D eigenvalue weighted by Gasteiger charge is 2.34. The van der Waals surface area contributed by atoms with Gasteiger partial charge in [0.05, 0.1) is 11.4 Å². The van der Waals surface area contributed by atoms with E-state index in [1.54, 1.807) is 6.08 Å². The number of carbonyl (C=O) groups excluding carboxylic acids is 2. The molecule has 0 saturated carbocycles. The van der Waals surface area contributed by atoms with Gasteiger partial charge in [-0.15, -0.1) is 0 Å². The van der Waals surface area contributed by atoms with Gasteiger partial charge in [-0.05, 0) is 60.7 Å². The summed E-state index contributed by atoms with van der Waals surface area (Å²) in [6.07, 6.45) is 1.70. The molecule has 0 aromatic heterocycles. The van der Waals surface area contributed by atoms with Crippen LogP contribution in [0.1, 0.15) is 16.7 Å². The van der Waals surface area contributed by atoms with E-state index >= 15 is 0 Å². The van der Waals surface area contributed by atoms with Crippen LogP contribution in [-0.2, 0) is 11.4 Å². The van der Waals surface area contributed by atoms with E-state index in [-0.39, 0.29) is 24.3 Å². The molecule has 0 spiro atoms. The summed E-state index contributed by atoms with van der Waals surface area (Å²) >= 11 is 7.11. The van der Waals surface area contributed by atoms with E-state index in [0.29, 0.717) is 28.0 Å². The molecule has 2 amide bonds. The zero-order valence-corrected chi connectivity index (χ0v) is 19.6. The summed E-state index contributed by atoms with van der Waals surface area (Å²) in [4.78, 5) is 26.7. The minimum atomic E-state index is -0.320. The SMILES string of the molecule is Cc1ccc(OCCN2C(=O)S/C(=C\c3cccc(OCc4ccccc4Cl)c3)C2=O)cc1. The Morgan fingerprint density at radius 3 is 2.52 bits per heavy atom. The number of aryl methyl sites for hydroxylation is 1. The normalized spacial score (nSPS) is 14.7. The molecule has 1 fully saturated rings. The Morgan fingerprint density at radius 1 is 0.939 bits per heavy atom. The second kappa shape index (κ2) is 10.6. The molecule has 1 saturated heterocycles. The number of rotatable bonds is 8. The van der Waals surface area contributed by atoms with Crippen LogP contribution in [0.2, 0.25) is 5.02 Å². The van der Waals surface area contributed by atoms with Crippen molar-refractivity contribution in [3.05, 3.63) is 99.4 Å². The van der Waals surface area contributed by atoms with Gasteiger partial charge in [0.1, 0.15) is 24.7 Å². The van der Waals surface area contributed by atoms with Gasteiger partial charge in [-0.2, -0.15) is 0 Å². The fourth-order valence-corrected chi connectivity index (χ4v) is 4.26. The fraction of sp³-hybridized carbons (Fsp3) is 0.154. The maximum absolute atomic E-state index is 12.8. The summed E-state index contributed by atoms with van der Waals surface area (Å²) in [5.41, 5.74) is 2.79. The molecule has 0 N–H and O–H groups in total. The second-order valence-corrected chi connectivity index (χ2v) is 8.85. The number of nitrogens with zero attached hydrogens (tertiary/aromatic N) is 1. The highest BCUT2D eigenvalue weighted by Crippen LogP contribution is 2.32. The standard InChI is InChI=1S/C26H22ClNO4S/c1-18-9-11-21(12-10-18)31-14-13-28-25(29)24(33-26(28)30)16-19-5-4-7-22(15-19)32-17-20-6-2-3-8-23(20)27/h2-12,15-16H,13-14,17H2,1H3/b24-16-. The van der Waals surface area contributed by atoms with Crippen LogP contribution < -0.4 is 9.47 Å². The van der Waals surface area contributed by atoms with Crippen molar-refractivity contribution in [3.63, 3.8) is 0 Å². The molecule has 33 heavy (non-hydrogen) atoms. The number of hydrogen-bond acceptors (Lipinski definition) is 5. The van der Waals surface area contributed by atoms with Crippen molar-refractivity contribution in [1.29, 1.82) is 0 Å². The Hall–Kier alpha value is -3.22. The maximum Gasteiger partial charge on any atom is 0.293 e. The van der Waals surface area contributed by atoms with Crippen LogP contribution in [0.5, 0.6) is 11.5 Å². The Balaban J connectivity index is 1.37. The van der Waals surface area contributed by atoms with Crippen LogP contribution in [0, 0.1) is 6.92 Å². The predicted molar refractivity (Wildman–Crippen MR) is 132 cm³/mol. The number of carbonyl (C=O) groups is 2. The lowest BCUT2D eigenvalue weighted by Crippen LogP contribution is -2.32. The second-order valence-electron chi connectivity index (χ2n) is 7.45. The third-order valence-electron chi connectivity index (χ3n) is 4.99. The molecule has 0 bridgehead atoms. The van der Waals surface area contributed by atoms with Crippen molar-refractivity contribution < 1.29 is 19.1 Å². The van der Waals surface area contributed by atoms with Gasteiger partial charge in [-0.25, -0.2) is 0 Å². The smallest absolute Gasteiger partial charge is 0.293 e. The minimum absolute atomic E-state index is 0.191. The van der Waals surface area contributed by atoms with Crippen LogP contribution >= 0.6 is 23.4 Å². The first-order chi connectivity index (χ1) is 16.0. The van der Waals surface area contributed by atoms with Gasteiger partial charge in [-0.3, -0.25) is 14.5 Å². The number of amides is 2. The van der Waals surface area contributed by atoms with Gasteiger partial charge < -0.3 is 9.47 Å². The van der Waals surface area contributed by atoms with Gasteiger partial charge in [0.2, 0.25) is 0 Å². The number of hydrogen-bond donors (Lipinski definition) is 0. The molecule has 7 heteroatoms. The molecule has 168 valence electrons. The lowest BCUT2D eigenvalue weighted by atomic mass is 10.2. The summed E-state index contributed by atoms with van der Waals surface area (Å²) < 4.78 is 11.5. The summed E-state index contributed by atoms with van der Waals surface area (Å²) in [5, 5.41) is 0.346. The number of halogens is 1. The maximum atomic E-state index is 12.8. The van der Waals surface area contributed by atoms with Crippen LogP contribution in [-0.4, -0.2) is 29.2 Å². The van der Waals surface area contributed by atoms with E-state index < -0.39 is 0 Å². The Kier molecular flexibility index (Phi) is 7.37.